The van der Waals surface area contributed by atoms with Crippen LogP contribution in [0.2, 0.25) is 0 Å². The smallest absolute Gasteiger partial charge is 0.123 e. The van der Waals surface area contributed by atoms with E-state index < -0.39 is 0 Å². The van der Waals surface area contributed by atoms with Crippen molar-refractivity contribution in [3.8, 4) is 6.07 Å². The minimum absolute atomic E-state index is 0.241. The zero-order chi connectivity index (χ0) is 11.4. The molecule has 1 aromatic carbocycles. The Morgan fingerprint density at radius 3 is 2.81 bits per heavy atom. The highest BCUT2D eigenvalue weighted by Crippen LogP contribution is 2.23. The number of halogens is 1. The van der Waals surface area contributed by atoms with E-state index in [1.54, 1.807) is 6.07 Å². The fourth-order valence-corrected chi connectivity index (χ4v) is 1.89. The van der Waals surface area contributed by atoms with E-state index in [1.165, 1.54) is 12.1 Å². The van der Waals surface area contributed by atoms with Crippen molar-refractivity contribution < 1.29 is 9.13 Å². The maximum atomic E-state index is 13.1. The molecule has 0 amide bonds. The Labute approximate surface area is 94.0 Å². The van der Waals surface area contributed by atoms with Crippen LogP contribution in [0.15, 0.2) is 18.2 Å². The van der Waals surface area contributed by atoms with E-state index >= 15 is 0 Å². The summed E-state index contributed by atoms with van der Waals surface area (Å²) < 4.78 is 18.3. The summed E-state index contributed by atoms with van der Waals surface area (Å²) in [5.41, 5.74) is 1.70. The molecule has 0 atom stereocenters. The molecule has 0 saturated carbocycles. The van der Waals surface area contributed by atoms with Gasteiger partial charge in [-0.2, -0.15) is 5.26 Å². The highest BCUT2D eigenvalue weighted by molar-refractivity contribution is 5.55. The van der Waals surface area contributed by atoms with Gasteiger partial charge in [-0.3, -0.25) is 0 Å². The van der Waals surface area contributed by atoms with Gasteiger partial charge in [0, 0.05) is 18.8 Å². The summed E-state index contributed by atoms with van der Waals surface area (Å²) in [4.78, 5) is 2.13. The monoisotopic (exact) mass is 220 g/mol. The molecule has 0 N–H and O–H groups in total. The number of rotatable bonds is 2. The molecule has 0 bridgehead atoms. The van der Waals surface area contributed by atoms with Crippen LogP contribution in [0.3, 0.4) is 0 Å². The van der Waals surface area contributed by atoms with Crippen LogP contribution < -0.4 is 4.90 Å². The van der Waals surface area contributed by atoms with Crippen molar-refractivity contribution >= 4 is 5.69 Å². The topological polar surface area (TPSA) is 36.3 Å². The Bertz CT molecular complexity index is 408. The third kappa shape index (κ3) is 2.31. The largest absolute Gasteiger partial charge is 0.378 e. The van der Waals surface area contributed by atoms with Crippen molar-refractivity contribution in [1.82, 2.24) is 0 Å². The fraction of sp³-hybridized carbons (Fsp3) is 0.417. The first-order valence-electron chi connectivity index (χ1n) is 5.29. The molecule has 84 valence electrons. The van der Waals surface area contributed by atoms with Crippen LogP contribution in [0, 0.1) is 17.1 Å². The summed E-state index contributed by atoms with van der Waals surface area (Å²) in [5.74, 6) is -0.290. The Balaban J connectivity index is 2.27. The normalized spacial score (nSPS) is 15.9. The van der Waals surface area contributed by atoms with Gasteiger partial charge in [0.05, 0.1) is 25.7 Å². The number of ether oxygens (including phenoxy) is 1. The highest BCUT2D eigenvalue weighted by Gasteiger charge is 2.14. The molecule has 1 aromatic rings. The van der Waals surface area contributed by atoms with Gasteiger partial charge in [-0.25, -0.2) is 4.39 Å². The van der Waals surface area contributed by atoms with Crippen LogP contribution in [0.25, 0.3) is 0 Å². The van der Waals surface area contributed by atoms with E-state index in [-0.39, 0.29) is 12.2 Å². The average molecular weight is 220 g/mol. The zero-order valence-electron chi connectivity index (χ0n) is 8.95. The van der Waals surface area contributed by atoms with Gasteiger partial charge in [-0.1, -0.05) is 0 Å². The molecule has 1 fully saturated rings. The summed E-state index contributed by atoms with van der Waals surface area (Å²) in [6.45, 7) is 2.96. The Morgan fingerprint density at radius 2 is 2.12 bits per heavy atom. The van der Waals surface area contributed by atoms with E-state index in [0.717, 1.165) is 24.3 Å². The molecule has 0 aromatic heterocycles. The van der Waals surface area contributed by atoms with Crippen molar-refractivity contribution in [2.75, 3.05) is 31.2 Å². The first-order valence-corrected chi connectivity index (χ1v) is 5.29. The second-order valence-electron chi connectivity index (χ2n) is 3.71. The maximum absolute atomic E-state index is 13.1. The Kier molecular flexibility index (Phi) is 3.37. The minimum Gasteiger partial charge on any atom is -0.378 e. The van der Waals surface area contributed by atoms with Crippen molar-refractivity contribution in [2.24, 2.45) is 0 Å². The van der Waals surface area contributed by atoms with Crippen molar-refractivity contribution in [2.45, 2.75) is 6.42 Å². The molecule has 1 heterocycles. The van der Waals surface area contributed by atoms with Crippen molar-refractivity contribution in [3.05, 3.63) is 29.6 Å². The fourth-order valence-electron chi connectivity index (χ4n) is 1.89. The lowest BCUT2D eigenvalue weighted by molar-refractivity contribution is 0.122. The van der Waals surface area contributed by atoms with Gasteiger partial charge in [-0.15, -0.1) is 0 Å². The molecule has 0 unspecified atom stereocenters. The summed E-state index contributed by atoms with van der Waals surface area (Å²) in [6, 6.07) is 6.68. The molecule has 1 saturated heterocycles. The van der Waals surface area contributed by atoms with Gasteiger partial charge in [0.15, 0.2) is 0 Å². The molecule has 0 aliphatic carbocycles. The molecule has 1 aliphatic rings. The van der Waals surface area contributed by atoms with Gasteiger partial charge in [0.1, 0.15) is 5.82 Å². The molecule has 0 spiro atoms. The molecule has 3 nitrogen and oxygen atoms in total. The Hall–Kier alpha value is -1.60. The van der Waals surface area contributed by atoms with Gasteiger partial charge >= 0.3 is 0 Å². The van der Waals surface area contributed by atoms with E-state index in [1.807, 2.05) is 0 Å². The van der Waals surface area contributed by atoms with Gasteiger partial charge in [-0.05, 0) is 23.8 Å². The third-order valence-electron chi connectivity index (χ3n) is 2.66. The molecule has 0 radical (unpaired) electrons. The Morgan fingerprint density at radius 1 is 1.38 bits per heavy atom. The first kappa shape index (κ1) is 10.9. The number of nitrogens with zero attached hydrogens (tertiary/aromatic N) is 2. The number of morpholine rings is 1. The van der Waals surface area contributed by atoms with Crippen molar-refractivity contribution in [3.63, 3.8) is 0 Å². The highest BCUT2D eigenvalue weighted by atomic mass is 19.1. The standard InChI is InChI=1S/C12H13FN2O/c13-11-1-2-12(10(9-11)3-4-14)15-5-7-16-8-6-15/h1-2,9H,3,5-8H2. The lowest BCUT2D eigenvalue weighted by Gasteiger charge is -2.30. The van der Waals surface area contributed by atoms with E-state index in [9.17, 15) is 4.39 Å². The molecule has 4 heteroatoms. The number of hydrogen-bond donors (Lipinski definition) is 0. The third-order valence-corrected chi connectivity index (χ3v) is 2.66. The average Bonchev–Trinajstić information content (AvgIpc) is 2.31. The second kappa shape index (κ2) is 4.95. The molecular weight excluding hydrogens is 207 g/mol. The molecule has 16 heavy (non-hydrogen) atoms. The summed E-state index contributed by atoms with van der Waals surface area (Å²) in [5, 5.41) is 8.72. The van der Waals surface area contributed by atoms with Crippen LogP contribution in [0.4, 0.5) is 10.1 Å². The van der Waals surface area contributed by atoms with Crippen LogP contribution >= 0.6 is 0 Å². The zero-order valence-corrected chi connectivity index (χ0v) is 8.95. The number of benzene rings is 1. The molecular formula is C12H13FN2O. The van der Waals surface area contributed by atoms with Crippen LogP contribution in [0.5, 0.6) is 0 Å². The number of nitriles is 1. The van der Waals surface area contributed by atoms with Gasteiger partial charge < -0.3 is 9.64 Å². The number of hydrogen-bond acceptors (Lipinski definition) is 3. The predicted octanol–water partition coefficient (Wildman–Crippen LogP) is 1.73. The molecule has 1 aliphatic heterocycles. The minimum atomic E-state index is -0.290. The summed E-state index contributed by atoms with van der Waals surface area (Å²) in [7, 11) is 0. The van der Waals surface area contributed by atoms with Crippen LogP contribution in [0.1, 0.15) is 5.56 Å². The SMILES string of the molecule is N#CCc1cc(F)ccc1N1CCOCC1. The van der Waals surface area contributed by atoms with Gasteiger partial charge in [0.25, 0.3) is 0 Å². The summed E-state index contributed by atoms with van der Waals surface area (Å²) >= 11 is 0. The first-order chi connectivity index (χ1) is 7.81. The lowest BCUT2D eigenvalue weighted by Crippen LogP contribution is -2.36. The molecule has 2 rings (SSSR count). The lowest BCUT2D eigenvalue weighted by atomic mass is 10.1. The maximum Gasteiger partial charge on any atom is 0.123 e. The van der Waals surface area contributed by atoms with Crippen LogP contribution in [-0.2, 0) is 11.2 Å². The van der Waals surface area contributed by atoms with Crippen LogP contribution in [-0.4, -0.2) is 26.3 Å². The second-order valence-corrected chi connectivity index (χ2v) is 3.71. The predicted molar refractivity (Wildman–Crippen MR) is 58.7 cm³/mol. The summed E-state index contributed by atoms with van der Waals surface area (Å²) in [6.07, 6.45) is 0.241. The van der Waals surface area contributed by atoms with E-state index in [0.29, 0.717) is 13.2 Å². The number of anilines is 1. The van der Waals surface area contributed by atoms with Gasteiger partial charge in [0.2, 0.25) is 0 Å². The quantitative estimate of drug-likeness (QED) is 0.761. The van der Waals surface area contributed by atoms with E-state index in [2.05, 4.69) is 11.0 Å². The van der Waals surface area contributed by atoms with Crippen molar-refractivity contribution in [1.29, 1.82) is 5.26 Å². The van der Waals surface area contributed by atoms with E-state index in [4.69, 9.17) is 10.00 Å².